The van der Waals surface area contributed by atoms with Crippen molar-refractivity contribution in [3.8, 4) is 0 Å². The van der Waals surface area contributed by atoms with Crippen LogP contribution in [0.2, 0.25) is 0 Å². The minimum atomic E-state index is -1.04. The van der Waals surface area contributed by atoms with Crippen LogP contribution >= 0.6 is 0 Å². The van der Waals surface area contributed by atoms with Crippen molar-refractivity contribution in [2.75, 3.05) is 0 Å². The number of non-ortho nitro benzene ring substituents is 1. The highest BCUT2D eigenvalue weighted by Crippen LogP contribution is 2.19. The number of unbranched alkanes of at least 4 members (excludes halogenated alkanes) is 1. The number of carboxylic acid groups (broad SMARTS) is 1. The monoisotopic (exact) mass is 223 g/mol. The van der Waals surface area contributed by atoms with Crippen LogP contribution in [-0.4, -0.2) is 16.0 Å². The first kappa shape index (κ1) is 12.2. The van der Waals surface area contributed by atoms with Crippen LogP contribution in [0, 0.1) is 10.1 Å². The van der Waals surface area contributed by atoms with E-state index in [1.807, 2.05) is 6.92 Å². The Morgan fingerprint density at radius 3 is 2.69 bits per heavy atom. The minimum absolute atomic E-state index is 0.0592. The molecule has 0 heterocycles. The van der Waals surface area contributed by atoms with Gasteiger partial charge in [0.15, 0.2) is 0 Å². The fraction of sp³-hybridized carbons (Fsp3) is 0.364. The second-order valence-corrected chi connectivity index (χ2v) is 3.51. The molecule has 1 aromatic carbocycles. The fourth-order valence-corrected chi connectivity index (χ4v) is 1.48. The summed E-state index contributed by atoms with van der Waals surface area (Å²) in [6, 6.07) is 3.86. The van der Waals surface area contributed by atoms with Gasteiger partial charge >= 0.3 is 5.97 Å². The molecule has 16 heavy (non-hydrogen) atoms. The Balaban J connectivity index is 3.10. The first-order valence-corrected chi connectivity index (χ1v) is 5.07. The van der Waals surface area contributed by atoms with Crippen LogP contribution in [0.3, 0.4) is 0 Å². The van der Waals surface area contributed by atoms with E-state index < -0.39 is 10.9 Å². The molecule has 0 unspecified atom stereocenters. The Morgan fingerprint density at radius 1 is 1.50 bits per heavy atom. The summed E-state index contributed by atoms with van der Waals surface area (Å²) in [6.45, 7) is 1.98. The van der Waals surface area contributed by atoms with E-state index >= 15 is 0 Å². The molecule has 0 saturated carbocycles. The number of hydrogen-bond donors (Lipinski definition) is 1. The molecule has 0 aliphatic heterocycles. The molecule has 86 valence electrons. The predicted molar refractivity (Wildman–Crippen MR) is 58.7 cm³/mol. The number of carboxylic acids is 1. The van der Waals surface area contributed by atoms with E-state index in [2.05, 4.69) is 0 Å². The van der Waals surface area contributed by atoms with Crippen molar-refractivity contribution in [3.63, 3.8) is 0 Å². The third-order valence-electron chi connectivity index (χ3n) is 2.33. The van der Waals surface area contributed by atoms with Crippen molar-refractivity contribution >= 4 is 11.7 Å². The highest BCUT2D eigenvalue weighted by molar-refractivity contribution is 5.89. The number of hydrogen-bond acceptors (Lipinski definition) is 3. The standard InChI is InChI=1S/C11H13NO4/c1-2-3-4-8-7-9(12(15)16)5-6-10(8)11(13)14/h5-7H,2-4H2,1H3,(H,13,14). The largest absolute Gasteiger partial charge is 0.478 e. The van der Waals surface area contributed by atoms with Gasteiger partial charge in [-0.2, -0.15) is 0 Å². The maximum atomic E-state index is 10.9. The van der Waals surface area contributed by atoms with Crippen molar-refractivity contribution in [3.05, 3.63) is 39.4 Å². The topological polar surface area (TPSA) is 80.4 Å². The average Bonchev–Trinajstić information content (AvgIpc) is 2.25. The summed E-state index contributed by atoms with van der Waals surface area (Å²) in [5, 5.41) is 19.5. The fourth-order valence-electron chi connectivity index (χ4n) is 1.48. The van der Waals surface area contributed by atoms with Crippen molar-refractivity contribution in [1.82, 2.24) is 0 Å². The molecule has 1 rings (SSSR count). The quantitative estimate of drug-likeness (QED) is 0.614. The van der Waals surface area contributed by atoms with Gasteiger partial charge in [0.2, 0.25) is 0 Å². The van der Waals surface area contributed by atoms with E-state index in [0.717, 1.165) is 12.8 Å². The third kappa shape index (κ3) is 2.79. The highest BCUT2D eigenvalue weighted by Gasteiger charge is 2.14. The Kier molecular flexibility index (Phi) is 3.99. The Morgan fingerprint density at radius 2 is 2.19 bits per heavy atom. The van der Waals surface area contributed by atoms with Gasteiger partial charge in [0.25, 0.3) is 5.69 Å². The van der Waals surface area contributed by atoms with Crippen LogP contribution in [-0.2, 0) is 6.42 Å². The van der Waals surface area contributed by atoms with E-state index in [1.54, 1.807) is 0 Å². The molecule has 5 nitrogen and oxygen atoms in total. The van der Waals surface area contributed by atoms with Gasteiger partial charge in [-0.1, -0.05) is 13.3 Å². The molecule has 0 aliphatic carbocycles. The Bertz CT molecular complexity index is 414. The second kappa shape index (κ2) is 5.25. The normalized spacial score (nSPS) is 10.1. The number of rotatable bonds is 5. The second-order valence-electron chi connectivity index (χ2n) is 3.51. The zero-order valence-electron chi connectivity index (χ0n) is 8.97. The van der Waals surface area contributed by atoms with Crippen LogP contribution < -0.4 is 0 Å². The molecule has 0 amide bonds. The first-order chi connectivity index (χ1) is 7.56. The number of aromatic carboxylic acids is 1. The Labute approximate surface area is 92.9 Å². The van der Waals surface area contributed by atoms with Gasteiger partial charge in [-0.25, -0.2) is 4.79 Å². The number of aryl methyl sites for hydroxylation is 1. The zero-order chi connectivity index (χ0) is 12.1. The van der Waals surface area contributed by atoms with Gasteiger partial charge in [0.05, 0.1) is 10.5 Å². The first-order valence-electron chi connectivity index (χ1n) is 5.07. The van der Waals surface area contributed by atoms with Gasteiger partial charge in [-0.05, 0) is 24.5 Å². The number of nitro groups is 1. The van der Waals surface area contributed by atoms with Crippen LogP contribution in [0.15, 0.2) is 18.2 Å². The SMILES string of the molecule is CCCCc1cc([N+](=O)[O-])ccc1C(=O)O. The summed E-state index contributed by atoms with van der Waals surface area (Å²) < 4.78 is 0. The van der Waals surface area contributed by atoms with E-state index in [0.29, 0.717) is 12.0 Å². The number of nitrogens with zero attached hydrogens (tertiary/aromatic N) is 1. The highest BCUT2D eigenvalue weighted by atomic mass is 16.6. The van der Waals surface area contributed by atoms with E-state index in [9.17, 15) is 14.9 Å². The predicted octanol–water partition coefficient (Wildman–Crippen LogP) is 2.64. The molecule has 0 bridgehead atoms. The van der Waals surface area contributed by atoms with Crippen molar-refractivity contribution in [2.24, 2.45) is 0 Å². The number of nitro benzene ring substituents is 1. The lowest BCUT2D eigenvalue weighted by Crippen LogP contribution is -2.03. The number of benzene rings is 1. The zero-order valence-corrected chi connectivity index (χ0v) is 8.97. The molecule has 1 N–H and O–H groups in total. The average molecular weight is 223 g/mol. The minimum Gasteiger partial charge on any atom is -0.478 e. The van der Waals surface area contributed by atoms with Gasteiger partial charge in [-0.3, -0.25) is 10.1 Å². The maximum Gasteiger partial charge on any atom is 0.335 e. The van der Waals surface area contributed by atoms with Crippen LogP contribution in [0.5, 0.6) is 0 Å². The third-order valence-corrected chi connectivity index (χ3v) is 2.33. The van der Waals surface area contributed by atoms with Gasteiger partial charge < -0.3 is 5.11 Å². The summed E-state index contributed by atoms with van der Waals surface area (Å²) in [5.74, 6) is -1.04. The molecule has 1 aromatic rings. The van der Waals surface area contributed by atoms with Gasteiger partial charge in [0, 0.05) is 12.1 Å². The van der Waals surface area contributed by atoms with Crippen molar-refractivity contribution in [1.29, 1.82) is 0 Å². The lowest BCUT2D eigenvalue weighted by molar-refractivity contribution is -0.384. The van der Waals surface area contributed by atoms with Crippen LogP contribution in [0.25, 0.3) is 0 Å². The van der Waals surface area contributed by atoms with E-state index in [1.165, 1.54) is 18.2 Å². The molecule has 0 radical (unpaired) electrons. The summed E-state index contributed by atoms with van der Waals surface area (Å²) in [5.41, 5.74) is 0.624. The lowest BCUT2D eigenvalue weighted by Gasteiger charge is -2.04. The summed E-state index contributed by atoms with van der Waals surface area (Å²) in [4.78, 5) is 20.9. The lowest BCUT2D eigenvalue weighted by atomic mass is 10.0. The van der Waals surface area contributed by atoms with E-state index in [4.69, 9.17) is 5.11 Å². The molecule has 5 heteroatoms. The number of carbonyl (C=O) groups is 1. The molecular formula is C11H13NO4. The maximum absolute atomic E-state index is 10.9. The molecule has 0 saturated heterocycles. The molecule has 0 aromatic heterocycles. The van der Waals surface area contributed by atoms with Crippen LogP contribution in [0.4, 0.5) is 5.69 Å². The molecule has 0 atom stereocenters. The Hall–Kier alpha value is -1.91. The van der Waals surface area contributed by atoms with Crippen molar-refractivity contribution < 1.29 is 14.8 Å². The van der Waals surface area contributed by atoms with Gasteiger partial charge in [-0.15, -0.1) is 0 Å². The summed E-state index contributed by atoms with van der Waals surface area (Å²) in [6.07, 6.45) is 2.29. The summed E-state index contributed by atoms with van der Waals surface area (Å²) >= 11 is 0. The molecular weight excluding hydrogens is 210 g/mol. The smallest absolute Gasteiger partial charge is 0.335 e. The molecule has 0 fully saturated rings. The summed E-state index contributed by atoms with van der Waals surface area (Å²) in [7, 11) is 0. The molecule has 0 aliphatic rings. The van der Waals surface area contributed by atoms with Crippen molar-refractivity contribution in [2.45, 2.75) is 26.2 Å². The van der Waals surface area contributed by atoms with E-state index in [-0.39, 0.29) is 11.3 Å². The van der Waals surface area contributed by atoms with Gasteiger partial charge in [0.1, 0.15) is 0 Å². The molecule has 0 spiro atoms. The van der Waals surface area contributed by atoms with Crippen LogP contribution in [0.1, 0.15) is 35.7 Å².